The molecule has 0 bridgehead atoms. The van der Waals surface area contributed by atoms with E-state index in [-0.39, 0.29) is 5.97 Å². The van der Waals surface area contributed by atoms with Gasteiger partial charge in [0.05, 0.1) is 0 Å². The molecule has 0 fully saturated rings. The summed E-state index contributed by atoms with van der Waals surface area (Å²) >= 11 is 0. The van der Waals surface area contributed by atoms with Gasteiger partial charge in [-0.15, -0.1) is 0 Å². The maximum absolute atomic E-state index is 11.2. The van der Waals surface area contributed by atoms with E-state index in [4.69, 9.17) is 4.74 Å². The maximum atomic E-state index is 11.2. The van der Waals surface area contributed by atoms with E-state index in [1.165, 1.54) is 102 Å². The number of hydrogen-bond acceptors (Lipinski definition) is 2. The third-order valence-corrected chi connectivity index (χ3v) is 4.57. The lowest BCUT2D eigenvalue weighted by Gasteiger charge is -2.03. The van der Waals surface area contributed by atoms with Crippen molar-refractivity contribution in [2.75, 3.05) is 6.61 Å². The van der Waals surface area contributed by atoms with Crippen LogP contribution in [0.15, 0.2) is 24.8 Å². The Hall–Kier alpha value is -1.05. The zero-order valence-corrected chi connectivity index (χ0v) is 16.8. The minimum absolute atomic E-state index is 0.263. The van der Waals surface area contributed by atoms with E-state index in [0.29, 0.717) is 6.61 Å². The van der Waals surface area contributed by atoms with Crippen molar-refractivity contribution in [2.45, 2.75) is 110 Å². The smallest absolute Gasteiger partial charge is 0.330 e. The molecule has 0 rings (SSSR count). The Kier molecular flexibility index (Phi) is 20.1. The van der Waals surface area contributed by atoms with Crippen LogP contribution >= 0.6 is 0 Å². The van der Waals surface area contributed by atoms with E-state index >= 15 is 0 Å². The molecule has 0 aliphatic rings. The number of esters is 1. The van der Waals surface area contributed by atoms with Crippen LogP contribution in [-0.2, 0) is 9.53 Å². The molecular formula is C23H42O2. The largest absolute Gasteiger partial charge is 0.458 e. The summed E-state index contributed by atoms with van der Waals surface area (Å²) in [6.07, 6.45) is 26.8. The van der Waals surface area contributed by atoms with Crippen molar-refractivity contribution in [1.82, 2.24) is 0 Å². The quantitative estimate of drug-likeness (QED) is 0.104. The lowest BCUT2D eigenvalue weighted by atomic mass is 10.0. The molecule has 0 saturated carbocycles. The lowest BCUT2D eigenvalue weighted by molar-refractivity contribution is -0.136. The highest BCUT2D eigenvalue weighted by atomic mass is 16.5. The van der Waals surface area contributed by atoms with Crippen molar-refractivity contribution in [3.05, 3.63) is 24.8 Å². The number of carbonyl (C=O) groups is 1. The Morgan fingerprint density at radius 3 is 1.64 bits per heavy atom. The topological polar surface area (TPSA) is 26.3 Å². The third-order valence-electron chi connectivity index (χ3n) is 4.57. The summed E-state index contributed by atoms with van der Waals surface area (Å²) in [7, 11) is 0. The Labute approximate surface area is 157 Å². The first-order chi connectivity index (χ1) is 12.3. The molecule has 0 heterocycles. The van der Waals surface area contributed by atoms with Crippen LogP contribution in [0.1, 0.15) is 110 Å². The SMILES string of the molecule is C=CCOC(=O)C=CCCCCCCCCCCCCCCCCC. The number of carbonyl (C=O) groups excluding carboxylic acids is 1. The second-order valence-electron chi connectivity index (χ2n) is 7.06. The zero-order chi connectivity index (χ0) is 18.4. The monoisotopic (exact) mass is 350 g/mol. The van der Waals surface area contributed by atoms with Crippen LogP contribution < -0.4 is 0 Å². The molecule has 2 heteroatoms. The molecule has 0 N–H and O–H groups in total. The molecule has 0 aromatic rings. The van der Waals surface area contributed by atoms with E-state index in [1.54, 1.807) is 6.08 Å². The van der Waals surface area contributed by atoms with Crippen LogP contribution in [-0.4, -0.2) is 12.6 Å². The molecule has 0 aliphatic heterocycles. The van der Waals surface area contributed by atoms with Gasteiger partial charge in [0.15, 0.2) is 0 Å². The molecule has 0 atom stereocenters. The van der Waals surface area contributed by atoms with Crippen LogP contribution in [0.4, 0.5) is 0 Å². The van der Waals surface area contributed by atoms with Crippen LogP contribution in [0.5, 0.6) is 0 Å². The molecule has 25 heavy (non-hydrogen) atoms. The van der Waals surface area contributed by atoms with Crippen molar-refractivity contribution < 1.29 is 9.53 Å². The molecule has 0 saturated heterocycles. The highest BCUT2D eigenvalue weighted by Gasteiger charge is 1.95. The standard InChI is InChI=1S/C23H42O2/c1-3-5-6-7-8-9-10-11-12-13-14-15-16-17-18-19-20-21-23(24)25-22-4-2/h4,20-21H,2-3,5-19,22H2,1H3. The van der Waals surface area contributed by atoms with Gasteiger partial charge in [-0.3, -0.25) is 0 Å². The van der Waals surface area contributed by atoms with Gasteiger partial charge in [0.25, 0.3) is 0 Å². The molecule has 0 aliphatic carbocycles. The van der Waals surface area contributed by atoms with Crippen molar-refractivity contribution in [2.24, 2.45) is 0 Å². The maximum Gasteiger partial charge on any atom is 0.330 e. The lowest BCUT2D eigenvalue weighted by Crippen LogP contribution is -1.99. The van der Waals surface area contributed by atoms with Gasteiger partial charge in [0.1, 0.15) is 6.61 Å². The van der Waals surface area contributed by atoms with Gasteiger partial charge in [-0.05, 0) is 12.8 Å². The molecule has 0 aromatic heterocycles. The van der Waals surface area contributed by atoms with E-state index in [9.17, 15) is 4.79 Å². The predicted molar refractivity (Wildman–Crippen MR) is 110 cm³/mol. The van der Waals surface area contributed by atoms with Crippen molar-refractivity contribution >= 4 is 5.97 Å². The number of rotatable bonds is 19. The summed E-state index contributed by atoms with van der Waals surface area (Å²) in [5.41, 5.74) is 0. The highest BCUT2D eigenvalue weighted by Crippen LogP contribution is 2.13. The first-order valence-electron chi connectivity index (χ1n) is 10.8. The zero-order valence-electron chi connectivity index (χ0n) is 16.8. The third kappa shape index (κ3) is 20.9. The fourth-order valence-electron chi connectivity index (χ4n) is 3.00. The molecule has 0 radical (unpaired) electrons. The van der Waals surface area contributed by atoms with Gasteiger partial charge >= 0.3 is 5.97 Å². The summed E-state index contributed by atoms with van der Waals surface area (Å²) in [5, 5.41) is 0. The molecule has 0 amide bonds. The predicted octanol–water partition coefficient (Wildman–Crippen LogP) is 7.53. The van der Waals surface area contributed by atoms with Crippen LogP contribution in [0, 0.1) is 0 Å². The summed E-state index contributed by atoms with van der Waals surface area (Å²) in [6, 6.07) is 0. The van der Waals surface area contributed by atoms with Crippen LogP contribution in [0.25, 0.3) is 0 Å². The summed E-state index contributed by atoms with van der Waals surface area (Å²) in [5.74, 6) is -0.263. The first kappa shape index (κ1) is 23.9. The number of ether oxygens (including phenoxy) is 1. The van der Waals surface area contributed by atoms with Gasteiger partial charge < -0.3 is 4.74 Å². The summed E-state index contributed by atoms with van der Waals surface area (Å²) in [6.45, 7) is 6.09. The second-order valence-corrected chi connectivity index (χ2v) is 7.06. The molecule has 0 spiro atoms. The Bertz CT molecular complexity index is 320. The second kappa shape index (κ2) is 21.0. The fraction of sp³-hybridized carbons (Fsp3) is 0.783. The number of unbranched alkanes of at least 4 members (excludes halogenated alkanes) is 15. The van der Waals surface area contributed by atoms with Crippen LogP contribution in [0.3, 0.4) is 0 Å². The van der Waals surface area contributed by atoms with Gasteiger partial charge in [0.2, 0.25) is 0 Å². The van der Waals surface area contributed by atoms with E-state index in [1.807, 2.05) is 6.08 Å². The summed E-state index contributed by atoms with van der Waals surface area (Å²) < 4.78 is 4.88. The van der Waals surface area contributed by atoms with Crippen molar-refractivity contribution in [3.8, 4) is 0 Å². The Morgan fingerprint density at radius 1 is 0.760 bits per heavy atom. The minimum Gasteiger partial charge on any atom is -0.458 e. The molecule has 0 unspecified atom stereocenters. The van der Waals surface area contributed by atoms with Gasteiger partial charge in [-0.2, -0.15) is 0 Å². The van der Waals surface area contributed by atoms with E-state index < -0.39 is 0 Å². The average molecular weight is 351 g/mol. The highest BCUT2D eigenvalue weighted by molar-refractivity contribution is 5.81. The van der Waals surface area contributed by atoms with Gasteiger partial charge in [-0.25, -0.2) is 4.79 Å². The first-order valence-corrected chi connectivity index (χ1v) is 10.8. The average Bonchev–Trinajstić information content (AvgIpc) is 2.62. The molecular weight excluding hydrogens is 308 g/mol. The van der Waals surface area contributed by atoms with Crippen molar-refractivity contribution in [3.63, 3.8) is 0 Å². The number of allylic oxidation sites excluding steroid dienone is 1. The fourth-order valence-corrected chi connectivity index (χ4v) is 3.00. The number of hydrogen-bond donors (Lipinski definition) is 0. The van der Waals surface area contributed by atoms with Crippen LogP contribution in [0.2, 0.25) is 0 Å². The van der Waals surface area contributed by atoms with Gasteiger partial charge in [-0.1, -0.05) is 116 Å². The molecule has 0 aromatic carbocycles. The van der Waals surface area contributed by atoms with E-state index in [2.05, 4.69) is 13.5 Å². The van der Waals surface area contributed by atoms with Crippen molar-refractivity contribution in [1.29, 1.82) is 0 Å². The Balaban J connectivity index is 3.13. The van der Waals surface area contributed by atoms with E-state index in [0.717, 1.165) is 6.42 Å². The summed E-state index contributed by atoms with van der Waals surface area (Å²) in [4.78, 5) is 11.2. The minimum atomic E-state index is -0.263. The van der Waals surface area contributed by atoms with Gasteiger partial charge in [0, 0.05) is 6.08 Å². The molecule has 146 valence electrons. The molecule has 2 nitrogen and oxygen atoms in total. The Morgan fingerprint density at radius 2 is 1.20 bits per heavy atom. The normalized spacial score (nSPS) is 11.1.